The van der Waals surface area contributed by atoms with Crippen LogP contribution in [0.3, 0.4) is 0 Å². The molecule has 1 atom stereocenters. The summed E-state index contributed by atoms with van der Waals surface area (Å²) in [4.78, 5) is 15.5. The van der Waals surface area contributed by atoms with Gasteiger partial charge in [0.15, 0.2) is 0 Å². The number of nitrogens with one attached hydrogen (secondary N) is 1. The van der Waals surface area contributed by atoms with E-state index in [2.05, 4.69) is 10.3 Å². The van der Waals surface area contributed by atoms with E-state index in [1.807, 2.05) is 0 Å². The van der Waals surface area contributed by atoms with Crippen molar-refractivity contribution >= 4 is 17.3 Å². The molecule has 0 aromatic carbocycles. The number of nitrogens with zero attached hydrogens (tertiary/aromatic N) is 1. The number of rotatable bonds is 2. The summed E-state index contributed by atoms with van der Waals surface area (Å²) >= 11 is 0. The molecule has 5 nitrogen and oxygen atoms in total. The van der Waals surface area contributed by atoms with Crippen LogP contribution in [0.1, 0.15) is 12.8 Å². The van der Waals surface area contributed by atoms with Crippen molar-refractivity contribution in [1.29, 1.82) is 0 Å². The highest BCUT2D eigenvalue weighted by Crippen LogP contribution is 2.18. The minimum atomic E-state index is -0.336. The molecule has 0 aliphatic carbocycles. The van der Waals surface area contributed by atoms with Gasteiger partial charge in [-0.2, -0.15) is 0 Å². The number of aromatic nitrogens is 1. The minimum Gasteiger partial charge on any atom is -0.396 e. The van der Waals surface area contributed by atoms with Gasteiger partial charge in [-0.05, 0) is 18.9 Å². The number of ether oxygens (including phenoxy) is 1. The highest BCUT2D eigenvalue weighted by atomic mass is 16.5. The Morgan fingerprint density at radius 3 is 3.20 bits per heavy atom. The van der Waals surface area contributed by atoms with Crippen LogP contribution in [0.25, 0.3) is 0 Å². The SMILES string of the molecule is Nc1cnccc1NC(=O)C1CCCO1. The molecule has 2 rings (SSSR count). The number of hydrogen-bond acceptors (Lipinski definition) is 4. The molecule has 1 amide bonds. The summed E-state index contributed by atoms with van der Waals surface area (Å²) in [6.07, 6.45) is 4.46. The molecule has 3 N–H and O–H groups in total. The molecule has 1 aliphatic rings. The van der Waals surface area contributed by atoms with Crippen LogP contribution in [0, 0.1) is 0 Å². The van der Waals surface area contributed by atoms with E-state index in [0.717, 1.165) is 12.8 Å². The Labute approximate surface area is 87.6 Å². The number of carbonyl (C=O) groups is 1. The predicted octanol–water partition coefficient (Wildman–Crippen LogP) is 0.781. The Morgan fingerprint density at radius 1 is 1.67 bits per heavy atom. The topological polar surface area (TPSA) is 77.2 Å². The zero-order valence-electron chi connectivity index (χ0n) is 8.27. The third-order valence-corrected chi connectivity index (χ3v) is 2.33. The molecular formula is C10H13N3O2. The van der Waals surface area contributed by atoms with Crippen molar-refractivity contribution in [2.45, 2.75) is 18.9 Å². The summed E-state index contributed by atoms with van der Waals surface area (Å²) in [5.74, 6) is -0.134. The molecule has 1 fully saturated rings. The predicted molar refractivity (Wildman–Crippen MR) is 56.3 cm³/mol. The van der Waals surface area contributed by atoms with Crippen LogP contribution in [0.15, 0.2) is 18.5 Å². The van der Waals surface area contributed by atoms with Crippen LogP contribution in [-0.4, -0.2) is 23.6 Å². The van der Waals surface area contributed by atoms with E-state index >= 15 is 0 Å². The van der Waals surface area contributed by atoms with E-state index in [1.165, 1.54) is 6.20 Å². The molecule has 1 saturated heterocycles. The summed E-state index contributed by atoms with van der Waals surface area (Å²) < 4.78 is 5.26. The third-order valence-electron chi connectivity index (χ3n) is 2.33. The van der Waals surface area contributed by atoms with Crippen molar-refractivity contribution in [2.75, 3.05) is 17.7 Å². The van der Waals surface area contributed by atoms with Gasteiger partial charge in [-0.3, -0.25) is 9.78 Å². The minimum absolute atomic E-state index is 0.134. The van der Waals surface area contributed by atoms with Gasteiger partial charge in [-0.15, -0.1) is 0 Å². The normalized spacial score (nSPS) is 20.1. The number of pyridine rings is 1. The van der Waals surface area contributed by atoms with Gasteiger partial charge in [0.05, 0.1) is 17.6 Å². The lowest BCUT2D eigenvalue weighted by Crippen LogP contribution is -2.27. The maximum absolute atomic E-state index is 11.7. The second kappa shape index (κ2) is 4.27. The summed E-state index contributed by atoms with van der Waals surface area (Å²) in [5.41, 5.74) is 6.70. The van der Waals surface area contributed by atoms with Gasteiger partial charge < -0.3 is 15.8 Å². The molecule has 5 heteroatoms. The van der Waals surface area contributed by atoms with Crippen molar-refractivity contribution in [2.24, 2.45) is 0 Å². The lowest BCUT2D eigenvalue weighted by Gasteiger charge is -2.11. The van der Waals surface area contributed by atoms with Gasteiger partial charge in [0, 0.05) is 12.8 Å². The second-order valence-electron chi connectivity index (χ2n) is 3.45. The Balaban J connectivity index is 2.02. The summed E-state index contributed by atoms with van der Waals surface area (Å²) in [6.45, 7) is 0.657. The number of anilines is 2. The number of hydrogen-bond donors (Lipinski definition) is 2. The molecule has 2 heterocycles. The van der Waals surface area contributed by atoms with E-state index < -0.39 is 0 Å². The van der Waals surface area contributed by atoms with Gasteiger partial charge >= 0.3 is 0 Å². The standard InChI is InChI=1S/C10H13N3O2/c11-7-6-12-4-3-8(7)13-10(14)9-2-1-5-15-9/h3-4,6,9H,1-2,5,11H2,(H,12,13,14). The first kappa shape index (κ1) is 9.92. The van der Waals surface area contributed by atoms with Crippen molar-refractivity contribution in [3.05, 3.63) is 18.5 Å². The molecule has 1 aliphatic heterocycles. The van der Waals surface area contributed by atoms with Crippen molar-refractivity contribution < 1.29 is 9.53 Å². The molecule has 15 heavy (non-hydrogen) atoms. The van der Waals surface area contributed by atoms with E-state index in [-0.39, 0.29) is 12.0 Å². The molecule has 0 radical (unpaired) electrons. The third kappa shape index (κ3) is 2.24. The van der Waals surface area contributed by atoms with Crippen molar-refractivity contribution in [3.8, 4) is 0 Å². The zero-order valence-corrected chi connectivity index (χ0v) is 8.27. The lowest BCUT2D eigenvalue weighted by atomic mass is 10.2. The fourth-order valence-electron chi connectivity index (χ4n) is 1.52. The molecular weight excluding hydrogens is 194 g/mol. The first-order valence-electron chi connectivity index (χ1n) is 4.89. The molecule has 0 saturated carbocycles. The highest BCUT2D eigenvalue weighted by Gasteiger charge is 2.23. The van der Waals surface area contributed by atoms with Crippen LogP contribution in [0.4, 0.5) is 11.4 Å². The maximum Gasteiger partial charge on any atom is 0.253 e. The number of nitrogen functional groups attached to an aromatic ring is 1. The van der Waals surface area contributed by atoms with E-state index in [0.29, 0.717) is 18.0 Å². The molecule has 1 unspecified atom stereocenters. The molecule has 1 aromatic rings. The fourth-order valence-corrected chi connectivity index (χ4v) is 1.52. The Bertz CT molecular complexity index is 361. The summed E-state index contributed by atoms with van der Waals surface area (Å²) in [6, 6.07) is 1.67. The average Bonchev–Trinajstić information content (AvgIpc) is 2.74. The highest BCUT2D eigenvalue weighted by molar-refractivity contribution is 5.96. The fraction of sp³-hybridized carbons (Fsp3) is 0.400. The molecule has 0 spiro atoms. The van der Waals surface area contributed by atoms with Gasteiger partial charge in [0.2, 0.25) is 0 Å². The van der Waals surface area contributed by atoms with Crippen molar-refractivity contribution in [3.63, 3.8) is 0 Å². The maximum atomic E-state index is 11.7. The van der Waals surface area contributed by atoms with Gasteiger partial charge in [0.1, 0.15) is 6.10 Å². The van der Waals surface area contributed by atoms with Crippen LogP contribution >= 0.6 is 0 Å². The van der Waals surface area contributed by atoms with Crippen LogP contribution in [0.2, 0.25) is 0 Å². The first-order chi connectivity index (χ1) is 7.27. The summed E-state index contributed by atoms with van der Waals surface area (Å²) in [7, 11) is 0. The smallest absolute Gasteiger partial charge is 0.253 e. The average molecular weight is 207 g/mol. The largest absolute Gasteiger partial charge is 0.396 e. The monoisotopic (exact) mass is 207 g/mol. The van der Waals surface area contributed by atoms with E-state index in [4.69, 9.17) is 10.5 Å². The van der Waals surface area contributed by atoms with Crippen LogP contribution in [0.5, 0.6) is 0 Å². The van der Waals surface area contributed by atoms with E-state index in [1.54, 1.807) is 12.3 Å². The van der Waals surface area contributed by atoms with Gasteiger partial charge in [-0.1, -0.05) is 0 Å². The van der Waals surface area contributed by atoms with Crippen molar-refractivity contribution in [1.82, 2.24) is 4.98 Å². The Hall–Kier alpha value is -1.62. The molecule has 80 valence electrons. The Morgan fingerprint density at radius 2 is 2.53 bits per heavy atom. The van der Waals surface area contributed by atoms with Crippen LogP contribution < -0.4 is 11.1 Å². The first-order valence-corrected chi connectivity index (χ1v) is 4.89. The lowest BCUT2D eigenvalue weighted by molar-refractivity contribution is -0.124. The quantitative estimate of drug-likeness (QED) is 0.751. The van der Waals surface area contributed by atoms with Gasteiger partial charge in [0.25, 0.3) is 5.91 Å². The summed E-state index contributed by atoms with van der Waals surface area (Å²) in [5, 5.41) is 2.72. The number of amides is 1. The number of carbonyl (C=O) groups excluding carboxylic acids is 1. The molecule has 1 aromatic heterocycles. The molecule has 0 bridgehead atoms. The van der Waals surface area contributed by atoms with Gasteiger partial charge in [-0.25, -0.2) is 0 Å². The second-order valence-corrected chi connectivity index (χ2v) is 3.45. The zero-order chi connectivity index (χ0) is 10.7. The Kier molecular flexibility index (Phi) is 2.82. The van der Waals surface area contributed by atoms with E-state index in [9.17, 15) is 4.79 Å². The van der Waals surface area contributed by atoms with Crippen LogP contribution in [-0.2, 0) is 9.53 Å². The number of nitrogens with two attached hydrogens (primary N) is 1.